The van der Waals surface area contributed by atoms with E-state index in [1.54, 1.807) is 6.08 Å². The van der Waals surface area contributed by atoms with Crippen molar-refractivity contribution in [2.75, 3.05) is 6.61 Å². The monoisotopic (exact) mass is 130 g/mol. The normalized spacial score (nSPS) is 12.1. The van der Waals surface area contributed by atoms with Gasteiger partial charge < -0.3 is 10.5 Å². The van der Waals surface area contributed by atoms with Gasteiger partial charge in [0.15, 0.2) is 0 Å². The van der Waals surface area contributed by atoms with Crippen molar-refractivity contribution in [3.05, 3.63) is 12.7 Å². The van der Waals surface area contributed by atoms with Crippen molar-refractivity contribution < 1.29 is 15.3 Å². The summed E-state index contributed by atoms with van der Waals surface area (Å²) in [7, 11) is 0. The van der Waals surface area contributed by atoms with Crippen LogP contribution in [-0.2, 0) is 9.53 Å². The fourth-order valence-electron chi connectivity index (χ4n) is 0.479. The van der Waals surface area contributed by atoms with Crippen molar-refractivity contribution in [1.82, 2.24) is 0 Å². The second-order valence-electron chi connectivity index (χ2n) is 1.82. The summed E-state index contributed by atoms with van der Waals surface area (Å²) in [6.07, 6.45) is 2.54. The number of hydrogen-bond donors (Lipinski definition) is 1. The summed E-state index contributed by atoms with van der Waals surface area (Å²) in [6, 6.07) is 0.146. The molecule has 3 N–H and O–H groups in total. The Morgan fingerprint density at radius 1 is 1.78 bits per heavy atom. The lowest BCUT2D eigenvalue weighted by atomic mass is 10.2. The van der Waals surface area contributed by atoms with Gasteiger partial charge in [-0.1, -0.05) is 6.08 Å². The predicted octanol–water partition coefficient (Wildman–Crippen LogP) is -0.654. The molecule has 0 aromatic heterocycles. The Hall–Kier alpha value is -0.830. The first kappa shape index (κ1) is 8.17. The molecule has 0 bridgehead atoms. The van der Waals surface area contributed by atoms with Gasteiger partial charge in [0.2, 0.25) is 0 Å². The molecule has 0 amide bonds. The second-order valence-corrected chi connectivity index (χ2v) is 1.82. The minimum Gasteiger partial charge on any atom is -0.462 e. The van der Waals surface area contributed by atoms with Crippen molar-refractivity contribution in [1.29, 1.82) is 0 Å². The lowest BCUT2D eigenvalue weighted by Gasteiger charge is -2.01. The molecule has 0 rings (SSSR count). The van der Waals surface area contributed by atoms with Gasteiger partial charge in [0, 0.05) is 6.42 Å². The van der Waals surface area contributed by atoms with E-state index in [0.717, 1.165) is 6.42 Å². The zero-order valence-corrected chi connectivity index (χ0v) is 5.38. The first-order valence-corrected chi connectivity index (χ1v) is 2.80. The summed E-state index contributed by atoms with van der Waals surface area (Å²) in [5.74, 6) is 0. The molecule has 0 aliphatic rings. The maximum Gasteiger partial charge on any atom is 0.293 e. The third kappa shape index (κ3) is 5.03. The van der Waals surface area contributed by atoms with E-state index < -0.39 is 0 Å². The predicted molar refractivity (Wildman–Crippen MR) is 33.5 cm³/mol. The molecule has 0 saturated heterocycles. The van der Waals surface area contributed by atoms with E-state index in [9.17, 15) is 4.79 Å². The zero-order valence-electron chi connectivity index (χ0n) is 5.38. The number of hydrogen-bond acceptors (Lipinski definition) is 2. The molecule has 0 aromatic rings. The van der Waals surface area contributed by atoms with Crippen LogP contribution in [-0.4, -0.2) is 19.1 Å². The molecule has 0 heterocycles. The molecule has 0 fully saturated rings. The summed E-state index contributed by atoms with van der Waals surface area (Å²) < 4.78 is 4.46. The van der Waals surface area contributed by atoms with Gasteiger partial charge in [-0.3, -0.25) is 4.79 Å². The van der Waals surface area contributed by atoms with Gasteiger partial charge in [0.1, 0.15) is 12.6 Å². The highest BCUT2D eigenvalue weighted by Gasteiger charge is 2.01. The van der Waals surface area contributed by atoms with E-state index in [1.807, 2.05) is 0 Å². The topological polar surface area (TPSA) is 53.9 Å². The van der Waals surface area contributed by atoms with Crippen LogP contribution in [0.25, 0.3) is 0 Å². The molecule has 0 aliphatic heterocycles. The maximum atomic E-state index is 9.64. The second kappa shape index (κ2) is 5.31. The Kier molecular flexibility index (Phi) is 4.82. The highest BCUT2D eigenvalue weighted by atomic mass is 16.5. The van der Waals surface area contributed by atoms with Crippen LogP contribution in [0.1, 0.15) is 6.42 Å². The average Bonchev–Trinajstić information content (AvgIpc) is 1.85. The third-order valence-corrected chi connectivity index (χ3v) is 0.900. The molecular weight excluding hydrogens is 118 g/mol. The van der Waals surface area contributed by atoms with E-state index in [0.29, 0.717) is 13.1 Å². The summed E-state index contributed by atoms with van der Waals surface area (Å²) in [4.78, 5) is 9.64. The molecular formula is C6H12NO2+. The SMILES string of the molecule is C=CC[C@H]([NH3+])COC=O. The van der Waals surface area contributed by atoms with Gasteiger partial charge >= 0.3 is 0 Å². The molecule has 1 atom stereocenters. The molecule has 0 saturated carbocycles. The third-order valence-electron chi connectivity index (χ3n) is 0.900. The van der Waals surface area contributed by atoms with E-state index in [4.69, 9.17) is 0 Å². The Labute approximate surface area is 54.5 Å². The van der Waals surface area contributed by atoms with Crippen LogP contribution in [0.3, 0.4) is 0 Å². The van der Waals surface area contributed by atoms with Gasteiger partial charge in [0.25, 0.3) is 6.47 Å². The summed E-state index contributed by atoms with van der Waals surface area (Å²) in [5.41, 5.74) is 3.71. The van der Waals surface area contributed by atoms with Crippen molar-refractivity contribution in [2.45, 2.75) is 12.5 Å². The Morgan fingerprint density at radius 2 is 2.44 bits per heavy atom. The van der Waals surface area contributed by atoms with Crippen molar-refractivity contribution in [3.63, 3.8) is 0 Å². The van der Waals surface area contributed by atoms with Crippen molar-refractivity contribution >= 4 is 6.47 Å². The summed E-state index contributed by atoms with van der Waals surface area (Å²) in [5, 5.41) is 0. The Bertz CT molecular complexity index is 93.1. The Morgan fingerprint density at radius 3 is 2.89 bits per heavy atom. The zero-order chi connectivity index (χ0) is 7.11. The molecule has 0 aliphatic carbocycles. The van der Waals surface area contributed by atoms with Crippen molar-refractivity contribution in [3.8, 4) is 0 Å². The van der Waals surface area contributed by atoms with Gasteiger partial charge in [-0.2, -0.15) is 0 Å². The van der Waals surface area contributed by atoms with Crippen LogP contribution in [0.5, 0.6) is 0 Å². The maximum absolute atomic E-state index is 9.64. The van der Waals surface area contributed by atoms with Crippen LogP contribution >= 0.6 is 0 Å². The van der Waals surface area contributed by atoms with E-state index in [1.165, 1.54) is 0 Å². The van der Waals surface area contributed by atoms with E-state index >= 15 is 0 Å². The first-order chi connectivity index (χ1) is 4.31. The van der Waals surface area contributed by atoms with Crippen LogP contribution in [0.4, 0.5) is 0 Å². The number of carbonyl (C=O) groups is 1. The summed E-state index contributed by atoms with van der Waals surface area (Å²) in [6.45, 7) is 4.34. The van der Waals surface area contributed by atoms with E-state index in [-0.39, 0.29) is 6.04 Å². The minimum atomic E-state index is 0.146. The first-order valence-electron chi connectivity index (χ1n) is 2.80. The number of quaternary nitrogens is 1. The lowest BCUT2D eigenvalue weighted by molar-refractivity contribution is -0.423. The molecule has 3 nitrogen and oxygen atoms in total. The minimum absolute atomic E-state index is 0.146. The molecule has 0 radical (unpaired) electrons. The molecule has 0 spiro atoms. The molecule has 3 heteroatoms. The van der Waals surface area contributed by atoms with Crippen LogP contribution < -0.4 is 5.73 Å². The molecule has 9 heavy (non-hydrogen) atoms. The largest absolute Gasteiger partial charge is 0.462 e. The van der Waals surface area contributed by atoms with Gasteiger partial charge in [-0.15, -0.1) is 6.58 Å². The fraction of sp³-hybridized carbons (Fsp3) is 0.500. The lowest BCUT2D eigenvalue weighted by Crippen LogP contribution is -2.62. The van der Waals surface area contributed by atoms with Crippen LogP contribution in [0.15, 0.2) is 12.7 Å². The highest BCUT2D eigenvalue weighted by Crippen LogP contribution is 1.85. The number of carbonyl (C=O) groups excluding carboxylic acids is 1. The molecule has 52 valence electrons. The van der Waals surface area contributed by atoms with Gasteiger partial charge in [-0.25, -0.2) is 0 Å². The van der Waals surface area contributed by atoms with Crippen molar-refractivity contribution in [2.24, 2.45) is 0 Å². The molecule has 0 unspecified atom stereocenters. The molecule has 0 aromatic carbocycles. The fourth-order valence-corrected chi connectivity index (χ4v) is 0.479. The summed E-state index contributed by atoms with van der Waals surface area (Å²) >= 11 is 0. The van der Waals surface area contributed by atoms with E-state index in [2.05, 4.69) is 17.0 Å². The van der Waals surface area contributed by atoms with Crippen LogP contribution in [0, 0.1) is 0 Å². The smallest absolute Gasteiger partial charge is 0.293 e. The quantitative estimate of drug-likeness (QED) is 0.397. The van der Waals surface area contributed by atoms with Gasteiger partial charge in [0.05, 0.1) is 0 Å². The number of ether oxygens (including phenoxy) is 1. The highest BCUT2D eigenvalue weighted by molar-refractivity contribution is 5.36. The standard InChI is InChI=1S/C6H11NO2/c1-2-3-6(7)4-9-5-8/h2,5-6H,1,3-4,7H2/p+1/t6-/m0/s1. The number of rotatable bonds is 5. The Balaban J connectivity index is 3.14. The van der Waals surface area contributed by atoms with Gasteiger partial charge in [-0.05, 0) is 0 Å². The van der Waals surface area contributed by atoms with Crippen LogP contribution in [0.2, 0.25) is 0 Å². The average molecular weight is 130 g/mol.